The van der Waals surface area contributed by atoms with Crippen LogP contribution in [0.4, 0.5) is 5.69 Å². The van der Waals surface area contributed by atoms with Gasteiger partial charge < -0.3 is 20.1 Å². The third-order valence-corrected chi connectivity index (χ3v) is 2.24. The molecular formula is C11H16N2O4. The molecule has 17 heavy (non-hydrogen) atoms. The molecule has 1 aromatic rings. The second-order valence-corrected chi connectivity index (χ2v) is 3.50. The van der Waals surface area contributed by atoms with E-state index in [0.717, 1.165) is 0 Å². The van der Waals surface area contributed by atoms with Crippen molar-refractivity contribution in [2.45, 2.75) is 20.3 Å². The summed E-state index contributed by atoms with van der Waals surface area (Å²) in [7, 11) is 0. The van der Waals surface area contributed by atoms with Crippen molar-refractivity contribution in [3.63, 3.8) is 0 Å². The fourth-order valence-corrected chi connectivity index (χ4v) is 1.42. The molecule has 6 nitrogen and oxygen atoms in total. The maximum atomic E-state index is 11.5. The number of amides is 1. The zero-order valence-corrected chi connectivity index (χ0v) is 9.87. The summed E-state index contributed by atoms with van der Waals surface area (Å²) in [5.74, 6) is -1.33. The van der Waals surface area contributed by atoms with E-state index in [1.54, 1.807) is 6.92 Å². The number of ether oxygens (including phenoxy) is 1. The molecule has 94 valence electrons. The van der Waals surface area contributed by atoms with E-state index in [1.807, 2.05) is 6.92 Å². The second-order valence-electron chi connectivity index (χ2n) is 3.50. The molecular weight excluding hydrogens is 224 g/mol. The number of aromatic nitrogens is 1. The molecule has 1 rings (SSSR count). The highest BCUT2D eigenvalue weighted by Gasteiger charge is 2.16. The van der Waals surface area contributed by atoms with E-state index in [-0.39, 0.29) is 23.6 Å². The van der Waals surface area contributed by atoms with Gasteiger partial charge >= 0.3 is 5.97 Å². The number of aromatic carboxylic acids is 1. The molecule has 0 unspecified atom stereocenters. The summed E-state index contributed by atoms with van der Waals surface area (Å²) in [6, 6.07) is 0. The van der Waals surface area contributed by atoms with Crippen LogP contribution in [-0.4, -0.2) is 35.2 Å². The van der Waals surface area contributed by atoms with Crippen LogP contribution in [0.25, 0.3) is 0 Å². The third-order valence-electron chi connectivity index (χ3n) is 2.24. The third kappa shape index (κ3) is 3.60. The number of nitrogens with one attached hydrogen (secondary N) is 2. The van der Waals surface area contributed by atoms with Crippen molar-refractivity contribution < 1.29 is 19.4 Å². The molecule has 0 atom stereocenters. The van der Waals surface area contributed by atoms with Gasteiger partial charge in [-0.2, -0.15) is 0 Å². The van der Waals surface area contributed by atoms with Crippen LogP contribution in [0.5, 0.6) is 0 Å². The highest BCUT2D eigenvalue weighted by atomic mass is 16.5. The Morgan fingerprint density at radius 2 is 2.24 bits per heavy atom. The summed E-state index contributed by atoms with van der Waals surface area (Å²) in [5.41, 5.74) is 0.892. The number of aromatic amines is 1. The zero-order valence-electron chi connectivity index (χ0n) is 9.87. The molecule has 0 aliphatic carbocycles. The number of H-pyrrole nitrogens is 1. The summed E-state index contributed by atoms with van der Waals surface area (Å²) in [5, 5.41) is 11.5. The molecule has 0 aliphatic heterocycles. The van der Waals surface area contributed by atoms with E-state index in [1.165, 1.54) is 6.20 Å². The monoisotopic (exact) mass is 240 g/mol. The van der Waals surface area contributed by atoms with Crippen molar-refractivity contribution in [3.8, 4) is 0 Å². The fraction of sp³-hybridized carbons (Fsp3) is 0.455. The largest absolute Gasteiger partial charge is 0.478 e. The number of carbonyl (C=O) groups is 2. The van der Waals surface area contributed by atoms with Gasteiger partial charge in [0.2, 0.25) is 5.91 Å². The van der Waals surface area contributed by atoms with Gasteiger partial charge in [-0.05, 0) is 13.8 Å². The molecule has 0 aliphatic rings. The molecule has 1 amide bonds. The SMILES string of the molecule is CCOCCC(=O)Nc1c[nH]c(C)c1C(=O)O. The molecule has 0 saturated carbocycles. The normalized spacial score (nSPS) is 10.2. The van der Waals surface area contributed by atoms with Crippen LogP contribution in [0.2, 0.25) is 0 Å². The molecule has 0 aromatic carbocycles. The van der Waals surface area contributed by atoms with Gasteiger partial charge in [-0.3, -0.25) is 4.79 Å². The van der Waals surface area contributed by atoms with Crippen molar-refractivity contribution in [2.24, 2.45) is 0 Å². The fourth-order valence-electron chi connectivity index (χ4n) is 1.42. The number of carboxylic acid groups (broad SMARTS) is 1. The molecule has 6 heteroatoms. The van der Waals surface area contributed by atoms with Gasteiger partial charge in [0.1, 0.15) is 5.56 Å². The van der Waals surface area contributed by atoms with Crippen molar-refractivity contribution in [1.29, 1.82) is 0 Å². The lowest BCUT2D eigenvalue weighted by molar-refractivity contribution is -0.117. The summed E-state index contributed by atoms with van der Waals surface area (Å²) in [6.45, 7) is 4.36. The van der Waals surface area contributed by atoms with Crippen LogP contribution in [0.3, 0.4) is 0 Å². The minimum absolute atomic E-state index is 0.0924. The Kier molecular flexibility index (Phi) is 4.71. The van der Waals surface area contributed by atoms with Gasteiger partial charge in [0, 0.05) is 18.5 Å². The zero-order chi connectivity index (χ0) is 12.8. The van der Waals surface area contributed by atoms with E-state index in [0.29, 0.717) is 18.9 Å². The van der Waals surface area contributed by atoms with Crippen molar-refractivity contribution in [3.05, 3.63) is 17.5 Å². The van der Waals surface area contributed by atoms with E-state index in [2.05, 4.69) is 10.3 Å². The number of aryl methyl sites for hydroxylation is 1. The molecule has 0 bridgehead atoms. The lowest BCUT2D eigenvalue weighted by Gasteiger charge is -2.04. The standard InChI is InChI=1S/C11H16N2O4/c1-3-17-5-4-9(14)13-8-6-12-7(2)10(8)11(15)16/h6,12H,3-5H2,1-2H3,(H,13,14)(H,15,16). The maximum Gasteiger partial charge on any atom is 0.339 e. The Balaban J connectivity index is 2.62. The quantitative estimate of drug-likeness (QED) is 0.655. The van der Waals surface area contributed by atoms with E-state index in [4.69, 9.17) is 9.84 Å². The van der Waals surface area contributed by atoms with Crippen LogP contribution in [0.1, 0.15) is 29.4 Å². The Morgan fingerprint density at radius 1 is 1.53 bits per heavy atom. The predicted octanol–water partition coefficient (Wildman–Crippen LogP) is 1.39. The first-order chi connectivity index (χ1) is 8.06. The average molecular weight is 240 g/mol. The first-order valence-electron chi connectivity index (χ1n) is 5.35. The lowest BCUT2D eigenvalue weighted by Crippen LogP contribution is -2.15. The number of carbonyl (C=O) groups excluding carboxylic acids is 1. The number of rotatable bonds is 6. The number of hydrogen-bond donors (Lipinski definition) is 3. The minimum atomic E-state index is -1.07. The summed E-state index contributed by atoms with van der Waals surface area (Å²) < 4.78 is 5.04. The van der Waals surface area contributed by atoms with Crippen molar-refractivity contribution in [2.75, 3.05) is 18.5 Å². The Labute approximate surface area is 99.0 Å². The Bertz CT molecular complexity index is 412. The number of anilines is 1. The number of hydrogen-bond acceptors (Lipinski definition) is 3. The van der Waals surface area contributed by atoms with Gasteiger partial charge in [-0.1, -0.05) is 0 Å². The van der Waals surface area contributed by atoms with Gasteiger partial charge in [0.25, 0.3) is 0 Å². The van der Waals surface area contributed by atoms with Gasteiger partial charge in [0.15, 0.2) is 0 Å². The summed E-state index contributed by atoms with van der Waals surface area (Å²) in [4.78, 5) is 25.2. The maximum absolute atomic E-state index is 11.5. The first-order valence-corrected chi connectivity index (χ1v) is 5.35. The Hall–Kier alpha value is -1.82. The molecule has 1 heterocycles. The molecule has 0 fully saturated rings. The molecule has 0 spiro atoms. The predicted molar refractivity (Wildman–Crippen MR) is 62.2 cm³/mol. The van der Waals surface area contributed by atoms with Crippen LogP contribution in [-0.2, 0) is 9.53 Å². The van der Waals surface area contributed by atoms with Crippen LogP contribution in [0.15, 0.2) is 6.20 Å². The van der Waals surface area contributed by atoms with Crippen LogP contribution < -0.4 is 5.32 Å². The second kappa shape index (κ2) is 6.05. The first kappa shape index (κ1) is 13.2. The molecule has 1 aromatic heterocycles. The average Bonchev–Trinajstić information content (AvgIpc) is 2.60. The summed E-state index contributed by atoms with van der Waals surface area (Å²) in [6.07, 6.45) is 1.68. The molecule has 3 N–H and O–H groups in total. The van der Waals surface area contributed by atoms with Crippen LogP contribution >= 0.6 is 0 Å². The van der Waals surface area contributed by atoms with Gasteiger partial charge in [0.05, 0.1) is 18.7 Å². The van der Waals surface area contributed by atoms with E-state index >= 15 is 0 Å². The van der Waals surface area contributed by atoms with Crippen molar-refractivity contribution in [1.82, 2.24) is 4.98 Å². The number of carboxylic acids is 1. The van der Waals surface area contributed by atoms with Crippen molar-refractivity contribution >= 4 is 17.6 Å². The summed E-state index contributed by atoms with van der Waals surface area (Å²) >= 11 is 0. The van der Waals surface area contributed by atoms with Gasteiger partial charge in [-0.15, -0.1) is 0 Å². The highest BCUT2D eigenvalue weighted by molar-refractivity contribution is 6.01. The highest BCUT2D eigenvalue weighted by Crippen LogP contribution is 2.19. The minimum Gasteiger partial charge on any atom is -0.478 e. The van der Waals surface area contributed by atoms with E-state index < -0.39 is 5.97 Å². The lowest BCUT2D eigenvalue weighted by atomic mass is 10.2. The molecule has 0 saturated heterocycles. The molecule has 0 radical (unpaired) electrons. The van der Waals surface area contributed by atoms with E-state index in [9.17, 15) is 9.59 Å². The Morgan fingerprint density at radius 3 is 2.82 bits per heavy atom. The van der Waals surface area contributed by atoms with Gasteiger partial charge in [-0.25, -0.2) is 4.79 Å². The smallest absolute Gasteiger partial charge is 0.339 e. The van der Waals surface area contributed by atoms with Crippen LogP contribution in [0, 0.1) is 6.92 Å². The topological polar surface area (TPSA) is 91.4 Å².